The van der Waals surface area contributed by atoms with Gasteiger partial charge in [-0.1, -0.05) is 30.3 Å². The Bertz CT molecular complexity index is 768. The second kappa shape index (κ2) is 14.7. The number of thiol groups is 1. The third kappa shape index (κ3) is 9.47. The normalized spacial score (nSPS) is 14.5. The maximum atomic E-state index is 13.0. The Morgan fingerprint density at radius 3 is 2.09 bits per heavy atom. The van der Waals surface area contributed by atoms with Gasteiger partial charge in [0, 0.05) is 12.2 Å². The monoisotopic (exact) mass is 486 g/mol. The summed E-state index contributed by atoms with van der Waals surface area (Å²) in [6.45, 7) is -0.593. The van der Waals surface area contributed by atoms with Crippen LogP contribution in [0.2, 0.25) is 0 Å². The molecule has 1 aromatic rings. The van der Waals surface area contributed by atoms with E-state index in [1.165, 1.54) is 11.8 Å². The van der Waals surface area contributed by atoms with Gasteiger partial charge in [0.1, 0.15) is 24.2 Å². The van der Waals surface area contributed by atoms with E-state index in [0.29, 0.717) is 5.75 Å². The predicted molar refractivity (Wildman–Crippen MR) is 125 cm³/mol. The number of hydrogen-bond acceptors (Lipinski definition) is 8. The SMILES string of the molecule is CSCCC(NC(=O)C(Cc1ccccc1)NC(=O)C(N)CO)C(=O)NC(CS)C(=O)O. The number of carbonyl (C=O) groups excluding carboxylic acids is 3. The molecule has 32 heavy (non-hydrogen) atoms. The Balaban J connectivity index is 3.02. The van der Waals surface area contributed by atoms with Crippen molar-refractivity contribution >= 4 is 48.1 Å². The van der Waals surface area contributed by atoms with Gasteiger partial charge in [-0.25, -0.2) is 4.79 Å². The maximum absolute atomic E-state index is 13.0. The van der Waals surface area contributed by atoms with Gasteiger partial charge in [-0.05, 0) is 24.0 Å². The lowest BCUT2D eigenvalue weighted by atomic mass is 10.0. The molecule has 178 valence electrons. The van der Waals surface area contributed by atoms with Gasteiger partial charge < -0.3 is 31.9 Å². The third-order valence-electron chi connectivity index (χ3n) is 4.49. The van der Waals surface area contributed by atoms with E-state index in [-0.39, 0.29) is 18.6 Å². The highest BCUT2D eigenvalue weighted by molar-refractivity contribution is 7.98. The van der Waals surface area contributed by atoms with Gasteiger partial charge >= 0.3 is 5.97 Å². The Kier molecular flexibility index (Phi) is 12.8. The summed E-state index contributed by atoms with van der Waals surface area (Å²) in [7, 11) is 0. The summed E-state index contributed by atoms with van der Waals surface area (Å²) in [5, 5.41) is 25.7. The molecule has 0 bridgehead atoms. The quantitative estimate of drug-likeness (QED) is 0.160. The second-order valence-corrected chi connectivity index (χ2v) is 8.32. The number of nitrogens with one attached hydrogen (secondary N) is 3. The van der Waals surface area contributed by atoms with Crippen LogP contribution in [-0.2, 0) is 25.6 Å². The van der Waals surface area contributed by atoms with E-state index in [0.717, 1.165) is 5.56 Å². The first-order valence-corrected chi connectivity index (χ1v) is 11.9. The van der Waals surface area contributed by atoms with Crippen molar-refractivity contribution < 1.29 is 29.4 Å². The minimum Gasteiger partial charge on any atom is -0.480 e. The van der Waals surface area contributed by atoms with Gasteiger partial charge in [-0.3, -0.25) is 14.4 Å². The smallest absolute Gasteiger partial charge is 0.327 e. The molecule has 7 N–H and O–H groups in total. The number of nitrogens with two attached hydrogens (primary N) is 1. The summed E-state index contributed by atoms with van der Waals surface area (Å²) >= 11 is 5.38. The van der Waals surface area contributed by atoms with Crippen molar-refractivity contribution in [3.8, 4) is 0 Å². The van der Waals surface area contributed by atoms with Gasteiger partial charge in [0.05, 0.1) is 6.61 Å². The number of aliphatic hydroxyl groups excluding tert-OH is 1. The molecule has 1 aromatic carbocycles. The number of carboxylic acid groups (broad SMARTS) is 1. The van der Waals surface area contributed by atoms with Gasteiger partial charge in [-0.15, -0.1) is 0 Å². The maximum Gasteiger partial charge on any atom is 0.327 e. The molecule has 0 spiro atoms. The highest BCUT2D eigenvalue weighted by Gasteiger charge is 2.29. The number of hydrogen-bond donors (Lipinski definition) is 7. The summed E-state index contributed by atoms with van der Waals surface area (Å²) < 4.78 is 0. The molecule has 0 saturated carbocycles. The predicted octanol–water partition coefficient (Wildman–Crippen LogP) is -1.23. The van der Waals surface area contributed by atoms with E-state index in [1.807, 2.05) is 12.3 Å². The highest BCUT2D eigenvalue weighted by Crippen LogP contribution is 2.07. The lowest BCUT2D eigenvalue weighted by molar-refractivity contribution is -0.141. The Morgan fingerprint density at radius 2 is 1.56 bits per heavy atom. The molecular formula is C20H30N4O6S2. The number of rotatable bonds is 14. The highest BCUT2D eigenvalue weighted by atomic mass is 32.2. The van der Waals surface area contributed by atoms with Crippen LogP contribution in [0.3, 0.4) is 0 Å². The average Bonchev–Trinajstić information content (AvgIpc) is 2.79. The van der Waals surface area contributed by atoms with E-state index >= 15 is 0 Å². The first kappa shape index (κ1) is 27.8. The van der Waals surface area contributed by atoms with Crippen LogP contribution in [0.25, 0.3) is 0 Å². The average molecular weight is 487 g/mol. The molecule has 12 heteroatoms. The number of benzene rings is 1. The van der Waals surface area contributed by atoms with Crippen LogP contribution in [0.4, 0.5) is 0 Å². The number of amides is 3. The largest absolute Gasteiger partial charge is 0.480 e. The number of thioether (sulfide) groups is 1. The van der Waals surface area contributed by atoms with Crippen molar-refractivity contribution in [3.05, 3.63) is 35.9 Å². The molecular weight excluding hydrogens is 456 g/mol. The van der Waals surface area contributed by atoms with Crippen molar-refractivity contribution in [1.82, 2.24) is 16.0 Å². The summed E-state index contributed by atoms with van der Waals surface area (Å²) in [5.41, 5.74) is 6.31. The zero-order chi connectivity index (χ0) is 24.1. The van der Waals surface area contributed by atoms with Crippen LogP contribution in [0.1, 0.15) is 12.0 Å². The van der Waals surface area contributed by atoms with E-state index in [4.69, 9.17) is 15.9 Å². The van der Waals surface area contributed by atoms with E-state index in [2.05, 4.69) is 28.6 Å². The Morgan fingerprint density at radius 1 is 1.00 bits per heavy atom. The lowest BCUT2D eigenvalue weighted by Crippen LogP contribution is -2.58. The van der Waals surface area contributed by atoms with Crippen molar-refractivity contribution in [3.63, 3.8) is 0 Å². The molecule has 4 atom stereocenters. The summed E-state index contributed by atoms with van der Waals surface area (Å²) in [5.74, 6) is -2.83. The minimum atomic E-state index is -1.24. The van der Waals surface area contributed by atoms with Crippen molar-refractivity contribution in [2.24, 2.45) is 5.73 Å². The molecule has 10 nitrogen and oxygen atoms in total. The summed E-state index contributed by atoms with van der Waals surface area (Å²) in [6, 6.07) is 4.44. The molecule has 0 aliphatic rings. The molecule has 3 amide bonds. The fourth-order valence-electron chi connectivity index (χ4n) is 2.66. The van der Waals surface area contributed by atoms with Crippen LogP contribution in [0.15, 0.2) is 30.3 Å². The molecule has 0 aliphatic carbocycles. The minimum absolute atomic E-state index is 0.115. The number of aliphatic carboxylic acids is 1. The van der Waals surface area contributed by atoms with Crippen LogP contribution in [0, 0.1) is 0 Å². The Hall–Kier alpha value is -2.28. The molecule has 1 rings (SSSR count). The van der Waals surface area contributed by atoms with Crippen molar-refractivity contribution in [2.45, 2.75) is 37.0 Å². The first-order chi connectivity index (χ1) is 15.2. The van der Waals surface area contributed by atoms with Crippen LogP contribution in [-0.4, -0.2) is 82.4 Å². The molecule has 0 radical (unpaired) electrons. The van der Waals surface area contributed by atoms with E-state index < -0.39 is 54.5 Å². The number of aliphatic hydroxyl groups is 1. The van der Waals surface area contributed by atoms with E-state index in [1.54, 1.807) is 24.3 Å². The second-order valence-electron chi connectivity index (χ2n) is 6.96. The molecule has 0 heterocycles. The van der Waals surface area contributed by atoms with Gasteiger partial charge in [0.15, 0.2) is 0 Å². The van der Waals surface area contributed by atoms with Gasteiger partial charge in [0.2, 0.25) is 17.7 Å². The van der Waals surface area contributed by atoms with E-state index in [9.17, 15) is 19.2 Å². The fourth-order valence-corrected chi connectivity index (χ4v) is 3.37. The standard InChI is InChI=1S/C20H30N4O6S2/c1-32-8-7-14(18(27)24-16(11-31)20(29)30)22-19(28)15(23-17(26)13(21)10-25)9-12-5-3-2-4-6-12/h2-6,13-16,25,31H,7-11,21H2,1H3,(H,22,28)(H,23,26)(H,24,27)(H,29,30). The molecule has 0 fully saturated rings. The summed E-state index contributed by atoms with van der Waals surface area (Å²) in [6.07, 6.45) is 2.21. The molecule has 4 unspecified atom stereocenters. The number of carbonyl (C=O) groups is 4. The molecule has 0 aromatic heterocycles. The molecule has 0 aliphatic heterocycles. The lowest BCUT2D eigenvalue weighted by Gasteiger charge is -2.25. The van der Waals surface area contributed by atoms with Crippen LogP contribution in [0.5, 0.6) is 0 Å². The fraction of sp³-hybridized carbons (Fsp3) is 0.500. The van der Waals surface area contributed by atoms with Crippen molar-refractivity contribution in [2.75, 3.05) is 24.4 Å². The topological polar surface area (TPSA) is 171 Å². The number of carboxylic acids is 1. The van der Waals surface area contributed by atoms with Gasteiger partial charge in [-0.2, -0.15) is 24.4 Å². The molecule has 0 saturated heterocycles. The van der Waals surface area contributed by atoms with Crippen molar-refractivity contribution in [1.29, 1.82) is 0 Å². The third-order valence-corrected chi connectivity index (χ3v) is 5.50. The first-order valence-electron chi connectivity index (χ1n) is 9.87. The zero-order valence-electron chi connectivity index (χ0n) is 17.7. The Labute approximate surface area is 196 Å². The zero-order valence-corrected chi connectivity index (χ0v) is 19.4. The van der Waals surface area contributed by atoms with Gasteiger partial charge in [0.25, 0.3) is 0 Å². The summed E-state index contributed by atoms with van der Waals surface area (Å²) in [4.78, 5) is 49.1. The van der Waals surface area contributed by atoms with Crippen LogP contribution < -0.4 is 21.7 Å². The van der Waals surface area contributed by atoms with Crippen LogP contribution >= 0.6 is 24.4 Å².